The van der Waals surface area contributed by atoms with Crippen molar-refractivity contribution in [3.8, 4) is 22.0 Å². The highest BCUT2D eigenvalue weighted by Crippen LogP contribution is 2.27. The number of aromatic carboxylic acids is 1. The lowest BCUT2D eigenvalue weighted by molar-refractivity contribution is 0.0697. The Morgan fingerprint density at radius 2 is 2.10 bits per heavy atom. The molecular formula is C14H9N3O2S. The predicted molar refractivity (Wildman–Crippen MR) is 75.5 cm³/mol. The van der Waals surface area contributed by atoms with Gasteiger partial charge in [0.25, 0.3) is 0 Å². The molecule has 0 bridgehead atoms. The van der Waals surface area contributed by atoms with Crippen molar-refractivity contribution in [1.82, 2.24) is 15.0 Å². The third kappa shape index (κ3) is 2.41. The lowest BCUT2D eigenvalue weighted by atomic mass is 10.2. The lowest BCUT2D eigenvalue weighted by Gasteiger charge is -1.98. The first-order valence-electron chi connectivity index (χ1n) is 5.80. The third-order valence-electron chi connectivity index (χ3n) is 2.69. The van der Waals surface area contributed by atoms with E-state index in [2.05, 4.69) is 15.0 Å². The molecule has 0 aliphatic rings. The standard InChI is InChI=1S/C14H9N3O2S/c18-14(19)9-3-5-16-11(6-9)13-17-12(8-20-13)10-2-1-4-15-7-10/h1-8H,(H,18,19). The Balaban J connectivity index is 1.98. The lowest BCUT2D eigenvalue weighted by Crippen LogP contribution is -1.97. The van der Waals surface area contributed by atoms with Crippen LogP contribution in [0.25, 0.3) is 22.0 Å². The van der Waals surface area contributed by atoms with Gasteiger partial charge in [0.15, 0.2) is 0 Å². The molecule has 20 heavy (non-hydrogen) atoms. The van der Waals surface area contributed by atoms with E-state index < -0.39 is 5.97 Å². The number of aromatic nitrogens is 3. The second kappa shape index (κ2) is 5.18. The molecule has 0 unspecified atom stereocenters. The van der Waals surface area contributed by atoms with Crippen LogP contribution >= 0.6 is 11.3 Å². The Morgan fingerprint density at radius 3 is 2.85 bits per heavy atom. The number of nitrogens with zero attached hydrogens (tertiary/aromatic N) is 3. The van der Waals surface area contributed by atoms with E-state index in [-0.39, 0.29) is 5.56 Å². The van der Waals surface area contributed by atoms with Gasteiger partial charge in [0, 0.05) is 29.5 Å². The van der Waals surface area contributed by atoms with Crippen molar-refractivity contribution in [1.29, 1.82) is 0 Å². The highest BCUT2D eigenvalue weighted by molar-refractivity contribution is 7.13. The molecule has 0 fully saturated rings. The van der Waals surface area contributed by atoms with E-state index in [9.17, 15) is 4.79 Å². The van der Waals surface area contributed by atoms with Crippen LogP contribution < -0.4 is 0 Å². The number of hydrogen-bond donors (Lipinski definition) is 1. The molecule has 0 saturated carbocycles. The highest BCUT2D eigenvalue weighted by Gasteiger charge is 2.10. The average Bonchev–Trinajstić information content (AvgIpc) is 2.98. The minimum atomic E-state index is -0.974. The maximum Gasteiger partial charge on any atom is 0.335 e. The van der Waals surface area contributed by atoms with Gasteiger partial charge in [-0.05, 0) is 24.3 Å². The van der Waals surface area contributed by atoms with Gasteiger partial charge in [-0.1, -0.05) is 0 Å². The molecule has 0 aromatic carbocycles. The first kappa shape index (κ1) is 12.4. The van der Waals surface area contributed by atoms with Crippen molar-refractivity contribution in [3.63, 3.8) is 0 Å². The molecule has 3 aromatic rings. The van der Waals surface area contributed by atoms with E-state index in [1.165, 1.54) is 29.7 Å². The van der Waals surface area contributed by atoms with Gasteiger partial charge < -0.3 is 5.11 Å². The minimum Gasteiger partial charge on any atom is -0.478 e. The molecule has 0 atom stereocenters. The molecule has 0 spiro atoms. The van der Waals surface area contributed by atoms with Gasteiger partial charge in [-0.2, -0.15) is 0 Å². The van der Waals surface area contributed by atoms with Crippen LogP contribution in [0.1, 0.15) is 10.4 Å². The van der Waals surface area contributed by atoms with Gasteiger partial charge in [0.1, 0.15) is 5.01 Å². The van der Waals surface area contributed by atoms with E-state index in [1.54, 1.807) is 12.4 Å². The summed E-state index contributed by atoms with van der Waals surface area (Å²) in [6, 6.07) is 6.75. The molecule has 1 N–H and O–H groups in total. The quantitative estimate of drug-likeness (QED) is 0.799. The molecule has 0 amide bonds. The van der Waals surface area contributed by atoms with E-state index in [0.717, 1.165) is 11.3 Å². The zero-order valence-electron chi connectivity index (χ0n) is 10.2. The van der Waals surface area contributed by atoms with Crippen LogP contribution in [-0.2, 0) is 0 Å². The van der Waals surface area contributed by atoms with Crippen molar-refractivity contribution in [2.24, 2.45) is 0 Å². The molecule has 0 saturated heterocycles. The van der Waals surface area contributed by atoms with Crippen LogP contribution in [0.5, 0.6) is 0 Å². The number of pyridine rings is 2. The van der Waals surface area contributed by atoms with Gasteiger partial charge in [0.05, 0.1) is 17.0 Å². The zero-order valence-corrected chi connectivity index (χ0v) is 11.0. The van der Waals surface area contributed by atoms with Gasteiger partial charge >= 0.3 is 5.97 Å². The topological polar surface area (TPSA) is 76.0 Å². The molecule has 3 rings (SSSR count). The fourth-order valence-corrected chi connectivity index (χ4v) is 2.51. The first-order valence-corrected chi connectivity index (χ1v) is 6.67. The van der Waals surface area contributed by atoms with Crippen LogP contribution in [-0.4, -0.2) is 26.0 Å². The summed E-state index contributed by atoms with van der Waals surface area (Å²) in [5, 5.41) is 11.6. The second-order valence-electron chi connectivity index (χ2n) is 4.01. The SMILES string of the molecule is O=C(O)c1ccnc(-c2nc(-c3cccnc3)cs2)c1. The van der Waals surface area contributed by atoms with Gasteiger partial charge in [0.2, 0.25) is 0 Å². The summed E-state index contributed by atoms with van der Waals surface area (Å²) >= 11 is 1.42. The molecule has 6 heteroatoms. The summed E-state index contributed by atoms with van der Waals surface area (Å²) in [6.45, 7) is 0. The number of thiazole rings is 1. The van der Waals surface area contributed by atoms with E-state index in [4.69, 9.17) is 5.11 Å². The molecular weight excluding hydrogens is 274 g/mol. The van der Waals surface area contributed by atoms with Crippen molar-refractivity contribution in [2.75, 3.05) is 0 Å². The summed E-state index contributed by atoms with van der Waals surface area (Å²) in [7, 11) is 0. The number of carboxylic acid groups (broad SMARTS) is 1. The van der Waals surface area contributed by atoms with E-state index in [0.29, 0.717) is 10.7 Å². The summed E-state index contributed by atoms with van der Waals surface area (Å²) in [5.41, 5.74) is 2.49. The smallest absolute Gasteiger partial charge is 0.335 e. The molecule has 3 aromatic heterocycles. The maximum atomic E-state index is 11.0. The largest absolute Gasteiger partial charge is 0.478 e. The fraction of sp³-hybridized carbons (Fsp3) is 0. The van der Waals surface area contributed by atoms with E-state index >= 15 is 0 Å². The normalized spacial score (nSPS) is 10.4. The molecule has 3 heterocycles. The number of hydrogen-bond acceptors (Lipinski definition) is 5. The van der Waals surface area contributed by atoms with Crippen LogP contribution in [0.2, 0.25) is 0 Å². The Morgan fingerprint density at radius 1 is 1.20 bits per heavy atom. The van der Waals surface area contributed by atoms with Crippen LogP contribution in [0, 0.1) is 0 Å². The van der Waals surface area contributed by atoms with Crippen molar-refractivity contribution in [3.05, 3.63) is 53.8 Å². The minimum absolute atomic E-state index is 0.202. The van der Waals surface area contributed by atoms with Crippen LogP contribution in [0.4, 0.5) is 0 Å². The number of carbonyl (C=O) groups is 1. The Labute approximate surface area is 118 Å². The Kier molecular flexibility index (Phi) is 3.22. The second-order valence-corrected chi connectivity index (χ2v) is 4.87. The summed E-state index contributed by atoms with van der Waals surface area (Å²) < 4.78 is 0. The Hall–Kier alpha value is -2.60. The highest BCUT2D eigenvalue weighted by atomic mass is 32.1. The van der Waals surface area contributed by atoms with Crippen LogP contribution in [0.3, 0.4) is 0 Å². The van der Waals surface area contributed by atoms with Gasteiger partial charge in [-0.25, -0.2) is 9.78 Å². The van der Waals surface area contributed by atoms with Crippen molar-refractivity contribution >= 4 is 17.3 Å². The third-order valence-corrected chi connectivity index (χ3v) is 3.55. The van der Waals surface area contributed by atoms with Crippen LogP contribution in [0.15, 0.2) is 48.2 Å². The van der Waals surface area contributed by atoms with Crippen molar-refractivity contribution in [2.45, 2.75) is 0 Å². The first-order chi connectivity index (χ1) is 9.74. The molecule has 98 valence electrons. The Bertz CT molecular complexity index is 756. The monoisotopic (exact) mass is 283 g/mol. The summed E-state index contributed by atoms with van der Waals surface area (Å²) in [4.78, 5) is 23.7. The zero-order chi connectivity index (χ0) is 13.9. The fourth-order valence-electron chi connectivity index (χ4n) is 1.72. The molecule has 0 aliphatic carbocycles. The molecule has 5 nitrogen and oxygen atoms in total. The van der Waals surface area contributed by atoms with Gasteiger partial charge in [-0.15, -0.1) is 11.3 Å². The van der Waals surface area contributed by atoms with E-state index in [1.807, 2.05) is 17.5 Å². The van der Waals surface area contributed by atoms with Crippen molar-refractivity contribution < 1.29 is 9.90 Å². The summed E-state index contributed by atoms with van der Waals surface area (Å²) in [6.07, 6.45) is 4.92. The number of rotatable bonds is 3. The number of carboxylic acids is 1. The van der Waals surface area contributed by atoms with Gasteiger partial charge in [-0.3, -0.25) is 9.97 Å². The maximum absolute atomic E-state index is 11.0. The molecule has 0 aliphatic heterocycles. The molecule has 0 radical (unpaired) electrons. The average molecular weight is 283 g/mol. The summed E-state index contributed by atoms with van der Waals surface area (Å²) in [5.74, 6) is -0.974. The predicted octanol–water partition coefficient (Wildman–Crippen LogP) is 2.97.